The van der Waals surface area contributed by atoms with Crippen LogP contribution in [0, 0.1) is 6.92 Å². The predicted octanol–water partition coefficient (Wildman–Crippen LogP) is 0.623. The van der Waals surface area contributed by atoms with E-state index in [4.69, 9.17) is 0 Å². The van der Waals surface area contributed by atoms with Crippen LogP contribution in [0.15, 0.2) is 12.4 Å². The van der Waals surface area contributed by atoms with E-state index in [2.05, 4.69) is 16.1 Å². The highest BCUT2D eigenvalue weighted by Crippen LogP contribution is 2.24. The summed E-state index contributed by atoms with van der Waals surface area (Å²) in [5, 5.41) is 4.14. The van der Waals surface area contributed by atoms with E-state index in [0.29, 0.717) is 12.2 Å². The number of hydrogen-bond donors (Lipinski definition) is 0. The summed E-state index contributed by atoms with van der Waals surface area (Å²) in [4.78, 5) is 17.6. The van der Waals surface area contributed by atoms with Gasteiger partial charge in [-0.2, -0.15) is 5.10 Å². The Morgan fingerprint density at radius 3 is 3.07 bits per heavy atom. The lowest BCUT2D eigenvalue weighted by Crippen LogP contribution is -2.31. The Morgan fingerprint density at radius 2 is 2.27 bits per heavy atom. The molecule has 0 radical (unpaired) electrons. The highest BCUT2D eigenvalue weighted by Gasteiger charge is 2.26. The van der Waals surface area contributed by atoms with Crippen molar-refractivity contribution in [3.63, 3.8) is 0 Å². The van der Waals surface area contributed by atoms with Gasteiger partial charge in [0.05, 0.1) is 0 Å². The van der Waals surface area contributed by atoms with Crippen molar-refractivity contribution in [3.8, 4) is 0 Å². The maximum Gasteiger partial charge on any atom is 0.274 e. The molecule has 1 aliphatic heterocycles. The van der Waals surface area contributed by atoms with Crippen LogP contribution in [0.4, 0.5) is 0 Å². The van der Waals surface area contributed by atoms with Gasteiger partial charge in [-0.05, 0) is 13.0 Å². The molecule has 2 aromatic heterocycles. The van der Waals surface area contributed by atoms with E-state index in [-0.39, 0.29) is 5.91 Å². The topological polar surface area (TPSA) is 50.5 Å². The van der Waals surface area contributed by atoms with Gasteiger partial charge in [0.15, 0.2) is 5.69 Å². The largest absolute Gasteiger partial charge is 0.336 e. The molecular weight excluding hydrogens is 192 g/mol. The first-order chi connectivity index (χ1) is 7.18. The minimum absolute atomic E-state index is 0.0343. The Balaban J connectivity index is 2.47. The number of aromatic nitrogens is 3. The molecule has 0 saturated carbocycles. The summed E-state index contributed by atoms with van der Waals surface area (Å²) in [6.45, 7) is 2.61. The van der Waals surface area contributed by atoms with E-state index >= 15 is 0 Å². The molecule has 0 unspecified atom stereocenters. The zero-order valence-electron chi connectivity index (χ0n) is 8.56. The van der Waals surface area contributed by atoms with Gasteiger partial charge in [0.2, 0.25) is 0 Å². The number of carbonyl (C=O) groups excluding carboxylic acids is 1. The molecule has 76 valence electrons. The molecule has 0 N–H and O–H groups in total. The van der Waals surface area contributed by atoms with E-state index in [0.717, 1.165) is 16.8 Å². The summed E-state index contributed by atoms with van der Waals surface area (Å²) >= 11 is 0. The highest BCUT2D eigenvalue weighted by atomic mass is 16.2. The number of hydrogen-bond acceptors (Lipinski definition) is 3. The fraction of sp³-hybridized carbons (Fsp3) is 0.300. The lowest BCUT2D eigenvalue weighted by molar-refractivity contribution is 0.0773. The third kappa shape index (κ3) is 0.945. The van der Waals surface area contributed by atoms with Crippen molar-refractivity contribution in [2.24, 2.45) is 0 Å². The van der Waals surface area contributed by atoms with Gasteiger partial charge in [-0.15, -0.1) is 0 Å². The van der Waals surface area contributed by atoms with Crippen molar-refractivity contribution in [2.45, 2.75) is 13.5 Å². The molecular formula is C10H10N4O. The van der Waals surface area contributed by atoms with Crippen LogP contribution in [0.3, 0.4) is 0 Å². The number of nitrogens with zero attached hydrogens (tertiary/aromatic N) is 4. The molecule has 0 aromatic carbocycles. The molecule has 0 saturated heterocycles. The number of aryl methyl sites for hydroxylation is 1. The van der Waals surface area contributed by atoms with E-state index in [9.17, 15) is 4.79 Å². The highest BCUT2D eigenvalue weighted by molar-refractivity contribution is 6.01. The standard InChI is InChI=1S/C10H10N4O/c1-6-3-7-4-13(2)10(15)8-9(7)14(6)12-5-11-8/h3,5H,4H2,1-2H3. The van der Waals surface area contributed by atoms with Gasteiger partial charge in [0.1, 0.15) is 11.8 Å². The summed E-state index contributed by atoms with van der Waals surface area (Å²) in [6, 6.07) is 2.05. The van der Waals surface area contributed by atoms with Crippen molar-refractivity contribution < 1.29 is 4.79 Å². The molecule has 0 fully saturated rings. The van der Waals surface area contributed by atoms with Gasteiger partial charge in [0.25, 0.3) is 5.91 Å². The first kappa shape index (κ1) is 8.40. The minimum atomic E-state index is -0.0343. The maximum absolute atomic E-state index is 11.8. The van der Waals surface area contributed by atoms with Crippen LogP contribution in [-0.4, -0.2) is 32.5 Å². The van der Waals surface area contributed by atoms with Crippen molar-refractivity contribution in [1.29, 1.82) is 0 Å². The molecule has 1 amide bonds. The molecule has 1 aliphatic rings. The van der Waals surface area contributed by atoms with Crippen LogP contribution < -0.4 is 0 Å². The van der Waals surface area contributed by atoms with Crippen LogP contribution in [0.1, 0.15) is 21.7 Å². The van der Waals surface area contributed by atoms with E-state index < -0.39 is 0 Å². The number of carbonyl (C=O) groups is 1. The van der Waals surface area contributed by atoms with Crippen LogP contribution in [-0.2, 0) is 6.54 Å². The molecule has 3 heterocycles. The van der Waals surface area contributed by atoms with Crippen LogP contribution >= 0.6 is 0 Å². The van der Waals surface area contributed by atoms with Gasteiger partial charge in [0, 0.05) is 24.8 Å². The maximum atomic E-state index is 11.8. The van der Waals surface area contributed by atoms with Crippen LogP contribution in [0.25, 0.3) is 5.52 Å². The van der Waals surface area contributed by atoms with Crippen LogP contribution in [0.5, 0.6) is 0 Å². The van der Waals surface area contributed by atoms with Gasteiger partial charge < -0.3 is 4.90 Å². The molecule has 0 spiro atoms. The summed E-state index contributed by atoms with van der Waals surface area (Å²) in [5.74, 6) is -0.0343. The van der Waals surface area contributed by atoms with Crippen molar-refractivity contribution in [2.75, 3.05) is 7.05 Å². The summed E-state index contributed by atoms with van der Waals surface area (Å²) in [6.07, 6.45) is 1.43. The Labute approximate surface area is 86.3 Å². The molecule has 5 heteroatoms. The molecule has 0 atom stereocenters. The summed E-state index contributed by atoms with van der Waals surface area (Å²) < 4.78 is 1.78. The lowest BCUT2D eigenvalue weighted by atomic mass is 10.1. The summed E-state index contributed by atoms with van der Waals surface area (Å²) in [5.41, 5.74) is 3.51. The van der Waals surface area contributed by atoms with Crippen molar-refractivity contribution >= 4 is 11.4 Å². The molecule has 3 rings (SSSR count). The van der Waals surface area contributed by atoms with E-state index in [1.54, 1.807) is 16.5 Å². The van der Waals surface area contributed by atoms with Crippen molar-refractivity contribution in [3.05, 3.63) is 29.3 Å². The normalized spacial score (nSPS) is 15.1. The third-order valence-corrected chi connectivity index (χ3v) is 2.77. The molecule has 0 bridgehead atoms. The zero-order chi connectivity index (χ0) is 10.6. The minimum Gasteiger partial charge on any atom is -0.336 e. The second-order valence-electron chi connectivity index (χ2n) is 3.84. The fourth-order valence-corrected chi connectivity index (χ4v) is 2.08. The Kier molecular flexibility index (Phi) is 1.44. The number of amides is 1. The lowest BCUT2D eigenvalue weighted by Gasteiger charge is -2.21. The quantitative estimate of drug-likeness (QED) is 0.629. The van der Waals surface area contributed by atoms with Gasteiger partial charge in [-0.25, -0.2) is 9.50 Å². The smallest absolute Gasteiger partial charge is 0.274 e. The fourth-order valence-electron chi connectivity index (χ4n) is 2.08. The Morgan fingerprint density at radius 1 is 1.47 bits per heavy atom. The van der Waals surface area contributed by atoms with Crippen LogP contribution in [0.2, 0.25) is 0 Å². The SMILES string of the molecule is Cc1cc2c3c(ncnn13)C(=O)N(C)C2. The molecule has 5 nitrogen and oxygen atoms in total. The number of rotatable bonds is 0. The summed E-state index contributed by atoms with van der Waals surface area (Å²) in [7, 11) is 1.78. The monoisotopic (exact) mass is 202 g/mol. The zero-order valence-corrected chi connectivity index (χ0v) is 8.56. The predicted molar refractivity (Wildman–Crippen MR) is 53.5 cm³/mol. The van der Waals surface area contributed by atoms with Gasteiger partial charge >= 0.3 is 0 Å². The average Bonchev–Trinajstić information content (AvgIpc) is 2.54. The average molecular weight is 202 g/mol. The Bertz CT molecular complexity index is 572. The molecule has 0 aliphatic carbocycles. The van der Waals surface area contributed by atoms with Gasteiger partial charge in [-0.3, -0.25) is 4.79 Å². The first-order valence-electron chi connectivity index (χ1n) is 4.76. The van der Waals surface area contributed by atoms with Crippen molar-refractivity contribution in [1.82, 2.24) is 19.5 Å². The first-order valence-corrected chi connectivity index (χ1v) is 4.76. The van der Waals surface area contributed by atoms with Gasteiger partial charge in [-0.1, -0.05) is 0 Å². The van der Waals surface area contributed by atoms with E-state index in [1.165, 1.54) is 6.33 Å². The molecule has 15 heavy (non-hydrogen) atoms. The second-order valence-corrected chi connectivity index (χ2v) is 3.84. The third-order valence-electron chi connectivity index (χ3n) is 2.77. The molecule has 2 aromatic rings. The second kappa shape index (κ2) is 2.56. The Hall–Kier alpha value is -1.91. The van der Waals surface area contributed by atoms with E-state index in [1.807, 2.05) is 6.92 Å².